The SMILES string of the molecule is Cc1nc2c(c(=O)[nH]1)CCN(C(=O)C(Cc1ccccc1)n1cnnn1)CC2. The van der Waals surface area contributed by atoms with E-state index >= 15 is 0 Å². The number of carbonyl (C=O) groups is 1. The zero-order valence-corrected chi connectivity index (χ0v) is 15.6. The molecule has 0 fully saturated rings. The summed E-state index contributed by atoms with van der Waals surface area (Å²) in [6.45, 7) is 2.74. The summed E-state index contributed by atoms with van der Waals surface area (Å²) in [5.41, 5.74) is 2.36. The molecule has 9 nitrogen and oxygen atoms in total. The average molecular weight is 379 g/mol. The lowest BCUT2D eigenvalue weighted by Crippen LogP contribution is -2.40. The summed E-state index contributed by atoms with van der Waals surface area (Å²) >= 11 is 0. The number of H-pyrrole nitrogens is 1. The van der Waals surface area contributed by atoms with E-state index < -0.39 is 6.04 Å². The van der Waals surface area contributed by atoms with Gasteiger partial charge in [-0.15, -0.1) is 5.10 Å². The van der Waals surface area contributed by atoms with E-state index in [4.69, 9.17) is 0 Å². The standard InChI is InChI=1S/C19H21N7O2/c1-13-21-16-8-10-25(9-7-15(16)18(27)22-13)19(28)17(26-12-20-23-24-26)11-14-5-3-2-4-6-14/h2-6,12,17H,7-11H2,1H3,(H,21,22,27). The lowest BCUT2D eigenvalue weighted by molar-refractivity contribution is -0.135. The number of aromatic nitrogens is 6. The molecule has 0 radical (unpaired) electrons. The van der Waals surface area contributed by atoms with Crippen LogP contribution in [0.2, 0.25) is 0 Å². The Morgan fingerprint density at radius 1 is 1.21 bits per heavy atom. The molecule has 9 heteroatoms. The summed E-state index contributed by atoms with van der Waals surface area (Å²) in [5, 5.41) is 11.3. The summed E-state index contributed by atoms with van der Waals surface area (Å²) in [5.74, 6) is 0.538. The molecule has 2 aromatic heterocycles. The number of tetrazole rings is 1. The molecule has 0 bridgehead atoms. The highest BCUT2D eigenvalue weighted by molar-refractivity contribution is 5.80. The maximum absolute atomic E-state index is 13.4. The van der Waals surface area contributed by atoms with Crippen molar-refractivity contribution in [1.82, 2.24) is 35.1 Å². The molecule has 4 rings (SSSR count). The molecule has 3 aromatic rings. The molecule has 1 N–H and O–H groups in total. The third kappa shape index (κ3) is 3.68. The van der Waals surface area contributed by atoms with E-state index in [0.29, 0.717) is 43.7 Å². The Morgan fingerprint density at radius 3 is 2.75 bits per heavy atom. The molecule has 0 spiro atoms. The molecule has 1 aliphatic heterocycles. The third-order valence-electron chi connectivity index (χ3n) is 5.02. The van der Waals surface area contributed by atoms with Crippen molar-refractivity contribution in [2.45, 2.75) is 32.2 Å². The van der Waals surface area contributed by atoms with Crippen LogP contribution in [0.15, 0.2) is 41.5 Å². The smallest absolute Gasteiger partial charge is 0.254 e. The van der Waals surface area contributed by atoms with Crippen molar-refractivity contribution in [3.63, 3.8) is 0 Å². The molecular weight excluding hydrogens is 358 g/mol. The fourth-order valence-corrected chi connectivity index (χ4v) is 3.61. The molecule has 28 heavy (non-hydrogen) atoms. The molecule has 1 aromatic carbocycles. The van der Waals surface area contributed by atoms with Crippen LogP contribution in [0.25, 0.3) is 0 Å². The monoisotopic (exact) mass is 379 g/mol. The minimum Gasteiger partial charge on any atom is -0.340 e. The van der Waals surface area contributed by atoms with E-state index in [1.807, 2.05) is 30.3 Å². The maximum atomic E-state index is 13.4. The molecular formula is C19H21N7O2. The van der Waals surface area contributed by atoms with E-state index in [1.54, 1.807) is 11.8 Å². The van der Waals surface area contributed by atoms with Crippen molar-refractivity contribution in [1.29, 1.82) is 0 Å². The zero-order valence-electron chi connectivity index (χ0n) is 15.6. The zero-order chi connectivity index (χ0) is 19.5. The highest BCUT2D eigenvalue weighted by Crippen LogP contribution is 2.19. The summed E-state index contributed by atoms with van der Waals surface area (Å²) in [7, 11) is 0. The van der Waals surface area contributed by atoms with Gasteiger partial charge in [0.05, 0.1) is 5.69 Å². The van der Waals surface area contributed by atoms with Crippen LogP contribution in [0.4, 0.5) is 0 Å². The van der Waals surface area contributed by atoms with Crippen LogP contribution in [-0.4, -0.2) is 54.1 Å². The molecule has 144 valence electrons. The van der Waals surface area contributed by atoms with Gasteiger partial charge < -0.3 is 9.88 Å². The van der Waals surface area contributed by atoms with Gasteiger partial charge in [0.15, 0.2) is 0 Å². The lowest BCUT2D eigenvalue weighted by atomic mass is 10.0. The fourth-order valence-electron chi connectivity index (χ4n) is 3.61. The first kappa shape index (κ1) is 18.0. The quantitative estimate of drug-likeness (QED) is 0.706. The van der Waals surface area contributed by atoms with Gasteiger partial charge in [0.25, 0.3) is 5.56 Å². The lowest BCUT2D eigenvalue weighted by Gasteiger charge is -2.25. The first-order chi connectivity index (χ1) is 13.6. The van der Waals surface area contributed by atoms with Crippen LogP contribution in [0.1, 0.15) is 28.7 Å². The normalized spacial score (nSPS) is 15.0. The number of hydrogen-bond acceptors (Lipinski definition) is 6. The van der Waals surface area contributed by atoms with E-state index in [9.17, 15) is 9.59 Å². The van der Waals surface area contributed by atoms with Crippen molar-refractivity contribution in [2.24, 2.45) is 0 Å². The number of aryl methyl sites for hydroxylation is 1. The molecule has 1 aliphatic rings. The van der Waals surface area contributed by atoms with Crippen LogP contribution < -0.4 is 5.56 Å². The van der Waals surface area contributed by atoms with Gasteiger partial charge >= 0.3 is 0 Å². The third-order valence-corrected chi connectivity index (χ3v) is 5.02. The van der Waals surface area contributed by atoms with Crippen molar-refractivity contribution in [3.05, 3.63) is 69.7 Å². The van der Waals surface area contributed by atoms with E-state index in [1.165, 1.54) is 11.0 Å². The van der Waals surface area contributed by atoms with Crippen LogP contribution in [-0.2, 0) is 24.1 Å². The van der Waals surface area contributed by atoms with Crippen LogP contribution >= 0.6 is 0 Å². The number of rotatable bonds is 4. The summed E-state index contributed by atoms with van der Waals surface area (Å²) in [6.07, 6.45) is 3.00. The number of hydrogen-bond donors (Lipinski definition) is 1. The summed E-state index contributed by atoms with van der Waals surface area (Å²) in [4.78, 5) is 34.6. The summed E-state index contributed by atoms with van der Waals surface area (Å²) < 4.78 is 1.50. The highest BCUT2D eigenvalue weighted by atomic mass is 16.2. The topological polar surface area (TPSA) is 110 Å². The van der Waals surface area contributed by atoms with E-state index in [-0.39, 0.29) is 11.5 Å². The predicted octanol–water partition coefficient (Wildman–Crippen LogP) is 0.476. The molecule has 1 atom stereocenters. The van der Waals surface area contributed by atoms with Gasteiger partial charge in [-0.25, -0.2) is 9.67 Å². The van der Waals surface area contributed by atoms with Crippen molar-refractivity contribution >= 4 is 5.91 Å². The van der Waals surface area contributed by atoms with Gasteiger partial charge in [0.2, 0.25) is 5.91 Å². The van der Waals surface area contributed by atoms with Gasteiger partial charge in [0, 0.05) is 31.5 Å². The number of aromatic amines is 1. The maximum Gasteiger partial charge on any atom is 0.254 e. The number of benzene rings is 1. The summed E-state index contributed by atoms with van der Waals surface area (Å²) in [6, 6.07) is 9.25. The van der Waals surface area contributed by atoms with Gasteiger partial charge in [-0.05, 0) is 29.3 Å². The van der Waals surface area contributed by atoms with Crippen LogP contribution in [0.5, 0.6) is 0 Å². The largest absolute Gasteiger partial charge is 0.340 e. The number of carbonyl (C=O) groups excluding carboxylic acids is 1. The fraction of sp³-hybridized carbons (Fsp3) is 0.368. The first-order valence-electron chi connectivity index (χ1n) is 9.25. The van der Waals surface area contributed by atoms with E-state index in [2.05, 4.69) is 25.5 Å². The Bertz CT molecular complexity index is 1010. The highest BCUT2D eigenvalue weighted by Gasteiger charge is 2.29. The molecule has 0 saturated heterocycles. The van der Waals surface area contributed by atoms with Gasteiger partial charge in [0.1, 0.15) is 18.2 Å². The molecule has 0 aliphatic carbocycles. The van der Waals surface area contributed by atoms with Gasteiger partial charge in [-0.2, -0.15) is 0 Å². The van der Waals surface area contributed by atoms with Crippen molar-refractivity contribution in [2.75, 3.05) is 13.1 Å². The molecule has 3 heterocycles. The number of nitrogens with one attached hydrogen (secondary N) is 1. The Kier molecular flexibility index (Phi) is 4.96. The number of nitrogens with zero attached hydrogens (tertiary/aromatic N) is 6. The molecule has 1 unspecified atom stereocenters. The molecule has 1 amide bonds. The Balaban J connectivity index is 1.57. The van der Waals surface area contributed by atoms with Crippen LogP contribution in [0.3, 0.4) is 0 Å². The minimum absolute atomic E-state index is 0.0582. The Labute approximate surface area is 161 Å². The second kappa shape index (κ2) is 7.71. The first-order valence-corrected chi connectivity index (χ1v) is 9.25. The number of fused-ring (bicyclic) bond motifs is 1. The Morgan fingerprint density at radius 2 is 2.00 bits per heavy atom. The second-order valence-corrected chi connectivity index (χ2v) is 6.90. The van der Waals surface area contributed by atoms with Crippen molar-refractivity contribution in [3.8, 4) is 0 Å². The predicted molar refractivity (Wildman–Crippen MR) is 101 cm³/mol. The van der Waals surface area contributed by atoms with E-state index in [0.717, 1.165) is 11.3 Å². The van der Waals surface area contributed by atoms with Crippen LogP contribution in [0, 0.1) is 6.92 Å². The average Bonchev–Trinajstić information content (AvgIpc) is 3.13. The number of amides is 1. The molecule has 0 saturated carbocycles. The minimum atomic E-state index is -0.536. The van der Waals surface area contributed by atoms with Gasteiger partial charge in [-0.3, -0.25) is 9.59 Å². The second-order valence-electron chi connectivity index (χ2n) is 6.90. The van der Waals surface area contributed by atoms with Crippen molar-refractivity contribution < 1.29 is 4.79 Å². The Hall–Kier alpha value is -3.36. The van der Waals surface area contributed by atoms with Gasteiger partial charge in [-0.1, -0.05) is 30.3 Å².